The fourth-order valence-electron chi connectivity index (χ4n) is 4.71. The van der Waals surface area contributed by atoms with Crippen LogP contribution >= 0.6 is 0 Å². The number of methoxy groups -OCH3 is 2. The van der Waals surface area contributed by atoms with E-state index in [0.717, 1.165) is 5.56 Å². The fraction of sp³-hybridized carbons (Fsp3) is 0.739. The van der Waals surface area contributed by atoms with Crippen molar-refractivity contribution in [2.24, 2.45) is 22.1 Å². The summed E-state index contributed by atoms with van der Waals surface area (Å²) in [5.41, 5.74) is 18.1. The molecule has 2 N–H and O–H groups in total. The van der Waals surface area contributed by atoms with Crippen LogP contribution in [0, 0.1) is 11.8 Å². The molecule has 0 spiro atoms. The standard InChI is InChI=1S/C15H19N3O4.C8H15N3O4/c1-9-12(17-18-16)15(19-2)21-11-8-20-14(22-13(9)11)10-6-4-3-5-7-10;1-4-6(10-11-9)8(14-2)15-5(3-12)7(4)13/h3-7,9,11-15H,8H2,1-2H3;4-8,12-13H,3H2,1-2H3/t9-,11?,12?,13+,14?,15+;4-,5?,6?,7+,8+/m11/s1. The summed E-state index contributed by atoms with van der Waals surface area (Å²) in [6.45, 7) is 3.83. The zero-order chi connectivity index (χ0) is 26.9. The summed E-state index contributed by atoms with van der Waals surface area (Å²) in [5.74, 6) is -0.355. The van der Waals surface area contributed by atoms with E-state index in [0.29, 0.717) is 6.61 Å². The third kappa shape index (κ3) is 6.70. The summed E-state index contributed by atoms with van der Waals surface area (Å²) < 4.78 is 33.2. The van der Waals surface area contributed by atoms with Gasteiger partial charge in [0.15, 0.2) is 18.9 Å². The van der Waals surface area contributed by atoms with Gasteiger partial charge in [-0.2, -0.15) is 0 Å². The second-order valence-corrected chi connectivity index (χ2v) is 9.02. The Morgan fingerprint density at radius 2 is 1.54 bits per heavy atom. The number of fused-ring (bicyclic) bond motifs is 1. The molecule has 3 fully saturated rings. The van der Waals surface area contributed by atoms with Crippen LogP contribution < -0.4 is 0 Å². The lowest BCUT2D eigenvalue weighted by atomic mass is 9.88. The first-order valence-corrected chi connectivity index (χ1v) is 12.0. The summed E-state index contributed by atoms with van der Waals surface area (Å²) in [6, 6.07) is 8.74. The first-order valence-electron chi connectivity index (χ1n) is 12.0. The van der Waals surface area contributed by atoms with E-state index in [1.54, 1.807) is 6.92 Å². The number of aliphatic hydroxyl groups excluding tert-OH is 2. The molecular formula is C23H34N6O8. The van der Waals surface area contributed by atoms with Gasteiger partial charge >= 0.3 is 0 Å². The van der Waals surface area contributed by atoms with Gasteiger partial charge in [0.2, 0.25) is 0 Å². The molecule has 1 aromatic rings. The molecule has 3 heterocycles. The Morgan fingerprint density at radius 1 is 0.946 bits per heavy atom. The molecule has 11 atom stereocenters. The van der Waals surface area contributed by atoms with E-state index in [-0.39, 0.29) is 30.7 Å². The van der Waals surface area contributed by atoms with Crippen LogP contribution in [-0.2, 0) is 28.4 Å². The molecule has 3 saturated heterocycles. The molecule has 0 saturated carbocycles. The number of aliphatic hydroxyl groups is 2. The quantitative estimate of drug-likeness (QED) is 0.323. The van der Waals surface area contributed by atoms with Crippen LogP contribution in [0.15, 0.2) is 40.6 Å². The maximum atomic E-state index is 9.72. The van der Waals surface area contributed by atoms with E-state index < -0.39 is 43.2 Å². The number of hydrogen-bond donors (Lipinski definition) is 2. The van der Waals surface area contributed by atoms with Gasteiger partial charge in [-0.05, 0) is 22.9 Å². The lowest BCUT2D eigenvalue weighted by Gasteiger charge is -2.47. The molecule has 4 rings (SSSR count). The number of azide groups is 2. The lowest BCUT2D eigenvalue weighted by Crippen LogP contribution is -2.57. The molecule has 0 radical (unpaired) electrons. The van der Waals surface area contributed by atoms with Crippen molar-refractivity contribution in [2.75, 3.05) is 27.4 Å². The topological polar surface area (TPSA) is 193 Å². The van der Waals surface area contributed by atoms with Crippen LogP contribution in [0.25, 0.3) is 20.9 Å². The highest BCUT2D eigenvalue weighted by molar-refractivity contribution is 5.16. The Kier molecular flexibility index (Phi) is 10.9. The molecule has 0 bridgehead atoms. The number of benzene rings is 1. The molecule has 0 aromatic heterocycles. The summed E-state index contributed by atoms with van der Waals surface area (Å²) >= 11 is 0. The van der Waals surface area contributed by atoms with Gasteiger partial charge < -0.3 is 38.6 Å². The van der Waals surface area contributed by atoms with E-state index in [1.807, 2.05) is 37.3 Å². The highest BCUT2D eigenvalue weighted by atomic mass is 16.7. The monoisotopic (exact) mass is 522 g/mol. The van der Waals surface area contributed by atoms with Crippen molar-refractivity contribution in [3.8, 4) is 0 Å². The summed E-state index contributed by atoms with van der Waals surface area (Å²) in [4.78, 5) is 5.59. The Balaban J connectivity index is 0.000000222. The van der Waals surface area contributed by atoms with Gasteiger partial charge in [0.25, 0.3) is 0 Å². The van der Waals surface area contributed by atoms with E-state index in [9.17, 15) is 5.11 Å². The Hall–Kier alpha value is -2.48. The van der Waals surface area contributed by atoms with Crippen molar-refractivity contribution >= 4 is 0 Å². The normalized spacial score (nSPS) is 39.1. The van der Waals surface area contributed by atoms with E-state index in [1.165, 1.54) is 14.2 Å². The SMILES string of the molecule is CO[C@H]1OC(CO)[C@@H](O)[C@H](C)C1N=[N+]=[N-].CO[C@H]1OC2COC(c3ccccc3)O[C@H]2[C@H](C)C1N=[N+]=[N-]. The van der Waals surface area contributed by atoms with Crippen molar-refractivity contribution in [3.05, 3.63) is 56.8 Å². The third-order valence-electron chi connectivity index (χ3n) is 6.84. The number of rotatable bonds is 6. The molecule has 204 valence electrons. The average molecular weight is 523 g/mol. The van der Waals surface area contributed by atoms with Crippen molar-refractivity contribution in [1.29, 1.82) is 0 Å². The number of hydrogen-bond acceptors (Lipinski definition) is 10. The Bertz CT molecular complexity index is 944. The van der Waals surface area contributed by atoms with Gasteiger partial charge in [0.05, 0.1) is 37.5 Å². The van der Waals surface area contributed by atoms with Crippen LogP contribution in [0.4, 0.5) is 0 Å². The van der Waals surface area contributed by atoms with Crippen LogP contribution in [0.5, 0.6) is 0 Å². The van der Waals surface area contributed by atoms with Crippen LogP contribution in [0.2, 0.25) is 0 Å². The van der Waals surface area contributed by atoms with Crippen molar-refractivity contribution in [2.45, 2.75) is 69.2 Å². The molecule has 1 aromatic carbocycles. The minimum absolute atomic E-state index is 0.0327. The second kappa shape index (κ2) is 13.9. The van der Waals surface area contributed by atoms with Crippen LogP contribution in [-0.4, -0.2) is 86.7 Å². The Labute approximate surface area is 214 Å². The molecule has 37 heavy (non-hydrogen) atoms. The molecule has 3 aliphatic rings. The lowest BCUT2D eigenvalue weighted by molar-refractivity contribution is -0.330. The van der Waals surface area contributed by atoms with Crippen molar-refractivity contribution in [1.82, 2.24) is 0 Å². The number of ether oxygens (including phenoxy) is 6. The van der Waals surface area contributed by atoms with Crippen molar-refractivity contribution < 1.29 is 38.6 Å². The molecular weight excluding hydrogens is 488 g/mol. The van der Waals surface area contributed by atoms with Gasteiger partial charge in [-0.3, -0.25) is 0 Å². The van der Waals surface area contributed by atoms with Crippen molar-refractivity contribution in [3.63, 3.8) is 0 Å². The molecule has 0 amide bonds. The molecule has 3 aliphatic heterocycles. The molecule has 5 unspecified atom stereocenters. The zero-order valence-electron chi connectivity index (χ0n) is 21.2. The fourth-order valence-corrected chi connectivity index (χ4v) is 4.71. The summed E-state index contributed by atoms with van der Waals surface area (Å²) in [6.07, 6.45) is -3.73. The molecule has 14 nitrogen and oxygen atoms in total. The first-order chi connectivity index (χ1) is 17.9. The average Bonchev–Trinajstić information content (AvgIpc) is 2.93. The molecule has 14 heteroatoms. The predicted molar refractivity (Wildman–Crippen MR) is 129 cm³/mol. The van der Waals surface area contributed by atoms with Gasteiger partial charge in [-0.25, -0.2) is 0 Å². The molecule has 0 aliphatic carbocycles. The second-order valence-electron chi connectivity index (χ2n) is 9.02. The highest BCUT2D eigenvalue weighted by Gasteiger charge is 2.48. The van der Waals surface area contributed by atoms with Crippen LogP contribution in [0.3, 0.4) is 0 Å². The van der Waals surface area contributed by atoms with E-state index >= 15 is 0 Å². The van der Waals surface area contributed by atoms with Gasteiger partial charge in [-0.15, -0.1) is 0 Å². The van der Waals surface area contributed by atoms with E-state index in [2.05, 4.69) is 20.1 Å². The Morgan fingerprint density at radius 3 is 2.11 bits per heavy atom. The summed E-state index contributed by atoms with van der Waals surface area (Å²) in [5, 5.41) is 26.0. The predicted octanol–water partition coefficient (Wildman–Crippen LogP) is 2.81. The number of nitrogens with zero attached hydrogens (tertiary/aromatic N) is 6. The van der Waals surface area contributed by atoms with Crippen LogP contribution in [0.1, 0.15) is 25.7 Å². The first kappa shape index (κ1) is 29.1. The largest absolute Gasteiger partial charge is 0.394 e. The zero-order valence-corrected chi connectivity index (χ0v) is 21.2. The van der Waals surface area contributed by atoms with Gasteiger partial charge in [0, 0.05) is 29.6 Å². The van der Waals surface area contributed by atoms with Gasteiger partial charge in [0.1, 0.15) is 12.2 Å². The smallest absolute Gasteiger partial charge is 0.184 e. The third-order valence-corrected chi connectivity index (χ3v) is 6.84. The minimum Gasteiger partial charge on any atom is -0.394 e. The summed E-state index contributed by atoms with van der Waals surface area (Å²) in [7, 11) is 2.96. The highest BCUT2D eigenvalue weighted by Crippen LogP contribution is 2.38. The van der Waals surface area contributed by atoms with E-state index in [4.69, 9.17) is 44.6 Å². The maximum absolute atomic E-state index is 9.72. The minimum atomic E-state index is -0.864. The van der Waals surface area contributed by atoms with Gasteiger partial charge in [-0.1, -0.05) is 54.4 Å². The maximum Gasteiger partial charge on any atom is 0.184 e.